The van der Waals surface area contributed by atoms with Crippen molar-refractivity contribution in [1.29, 1.82) is 0 Å². The molecule has 2 aromatic heterocycles. The number of alkyl halides is 1. The molecule has 1 aliphatic heterocycles. The highest BCUT2D eigenvalue weighted by molar-refractivity contribution is 5.60. The van der Waals surface area contributed by atoms with Gasteiger partial charge in [-0.15, -0.1) is 0 Å². The summed E-state index contributed by atoms with van der Waals surface area (Å²) in [5.74, 6) is 1.01. The molecule has 0 spiro atoms. The molecule has 5 rings (SSSR count). The third kappa shape index (κ3) is 4.57. The normalized spacial score (nSPS) is 15.0. The largest absolute Gasteiger partial charge is 0.376 e. The van der Waals surface area contributed by atoms with Crippen LogP contribution in [0.25, 0.3) is 5.69 Å². The Morgan fingerprint density at radius 1 is 1.14 bits per heavy atom. The summed E-state index contributed by atoms with van der Waals surface area (Å²) in [7, 11) is 0. The summed E-state index contributed by atoms with van der Waals surface area (Å²) in [6.45, 7) is 4.73. The minimum Gasteiger partial charge on any atom is -0.376 e. The number of halogens is 2. The van der Waals surface area contributed by atoms with Gasteiger partial charge in [-0.3, -0.25) is 0 Å². The summed E-state index contributed by atoms with van der Waals surface area (Å²) in [5, 5.41) is 10.5. The molecule has 0 bridgehead atoms. The molecule has 8 nitrogen and oxygen atoms in total. The number of fused-ring (bicyclic) bond motifs is 1. The fourth-order valence-electron chi connectivity index (χ4n) is 4.17. The number of nitrogens with zero attached hydrogens (tertiary/aromatic N) is 5. The predicted molar refractivity (Wildman–Crippen MR) is 128 cm³/mol. The molecule has 0 radical (unpaired) electrons. The summed E-state index contributed by atoms with van der Waals surface area (Å²) < 4.78 is 35.2. The van der Waals surface area contributed by atoms with Crippen molar-refractivity contribution >= 4 is 17.5 Å². The van der Waals surface area contributed by atoms with Gasteiger partial charge in [-0.05, 0) is 43.2 Å². The molecule has 0 fully saturated rings. The summed E-state index contributed by atoms with van der Waals surface area (Å²) in [5.41, 5.74) is 4.12. The Labute approximate surface area is 201 Å². The first-order valence-electron chi connectivity index (χ1n) is 11.4. The van der Waals surface area contributed by atoms with Crippen molar-refractivity contribution in [3.8, 4) is 5.69 Å². The minimum atomic E-state index is -0.509. The number of rotatable bonds is 7. The number of aryl methyl sites for hydroxylation is 1. The van der Waals surface area contributed by atoms with E-state index in [1.807, 2.05) is 19.1 Å². The van der Waals surface area contributed by atoms with Gasteiger partial charge in [0.05, 0.1) is 24.8 Å². The van der Waals surface area contributed by atoms with Gasteiger partial charge in [0, 0.05) is 17.8 Å². The molecule has 1 unspecified atom stereocenters. The highest BCUT2D eigenvalue weighted by Gasteiger charge is 2.28. The second-order valence-corrected chi connectivity index (χ2v) is 8.24. The summed E-state index contributed by atoms with van der Waals surface area (Å²) in [6.07, 6.45) is 1.38. The highest BCUT2D eigenvalue weighted by atomic mass is 19.1. The zero-order valence-corrected chi connectivity index (χ0v) is 19.4. The maximum absolute atomic E-state index is 14.9. The van der Waals surface area contributed by atoms with Crippen LogP contribution in [-0.4, -0.2) is 37.9 Å². The van der Waals surface area contributed by atoms with E-state index >= 15 is 0 Å². The van der Waals surface area contributed by atoms with Crippen LogP contribution in [0.15, 0.2) is 48.8 Å². The van der Waals surface area contributed by atoms with Crippen LogP contribution in [0.1, 0.15) is 41.1 Å². The molecule has 2 N–H and O–H groups in total. The number of anilines is 3. The molecule has 2 aromatic carbocycles. The highest BCUT2D eigenvalue weighted by Crippen LogP contribution is 2.35. The van der Waals surface area contributed by atoms with Gasteiger partial charge in [0.15, 0.2) is 5.82 Å². The van der Waals surface area contributed by atoms with Gasteiger partial charge in [-0.1, -0.05) is 24.3 Å². The quantitative estimate of drug-likeness (QED) is 0.395. The van der Waals surface area contributed by atoms with E-state index in [4.69, 9.17) is 9.72 Å². The molecule has 1 atom stereocenters. The topological polar surface area (TPSA) is 89.8 Å². The molecule has 3 heterocycles. The smallest absolute Gasteiger partial charge is 0.229 e. The number of ether oxygens (including phenoxy) is 1. The van der Waals surface area contributed by atoms with Crippen molar-refractivity contribution in [3.05, 3.63) is 82.8 Å². The monoisotopic (exact) mass is 477 g/mol. The average molecular weight is 478 g/mol. The first kappa shape index (κ1) is 22.9. The zero-order chi connectivity index (χ0) is 24.4. The van der Waals surface area contributed by atoms with E-state index in [1.165, 1.54) is 17.1 Å². The van der Waals surface area contributed by atoms with Crippen molar-refractivity contribution in [1.82, 2.24) is 24.7 Å². The van der Waals surface area contributed by atoms with Gasteiger partial charge in [-0.2, -0.15) is 10.1 Å². The fourth-order valence-corrected chi connectivity index (χ4v) is 4.17. The molecule has 0 saturated carbocycles. The van der Waals surface area contributed by atoms with Crippen LogP contribution in [0.4, 0.5) is 26.2 Å². The maximum Gasteiger partial charge on any atom is 0.229 e. The summed E-state index contributed by atoms with van der Waals surface area (Å²) in [4.78, 5) is 13.5. The minimum absolute atomic E-state index is 0.136. The molecule has 35 heavy (non-hydrogen) atoms. The second kappa shape index (κ2) is 9.75. The van der Waals surface area contributed by atoms with Gasteiger partial charge >= 0.3 is 0 Å². The molecule has 4 aromatic rings. The van der Waals surface area contributed by atoms with Crippen LogP contribution in [0.3, 0.4) is 0 Å². The lowest BCUT2D eigenvalue weighted by atomic mass is 9.91. The molecule has 0 amide bonds. The standard InChI is InChI=1S/C25H25F2N7O/c1-3-28-24-20-13-35-12-19(17-6-4-16(11-26)5-7-17)23(20)32-25(33-24)31-18-8-9-22(21(27)10-18)34-15(2)29-14-30-34/h4-10,14,19H,3,11-13H2,1-2H3,(H2,28,31,32,33). The Morgan fingerprint density at radius 2 is 1.97 bits per heavy atom. The fraction of sp³-hybridized carbons (Fsp3) is 0.280. The van der Waals surface area contributed by atoms with Crippen LogP contribution >= 0.6 is 0 Å². The zero-order valence-electron chi connectivity index (χ0n) is 19.4. The Balaban J connectivity index is 1.50. The van der Waals surface area contributed by atoms with Gasteiger partial charge in [0.25, 0.3) is 0 Å². The van der Waals surface area contributed by atoms with Crippen LogP contribution in [0, 0.1) is 12.7 Å². The number of aromatic nitrogens is 5. The lowest BCUT2D eigenvalue weighted by Crippen LogP contribution is -2.23. The average Bonchev–Trinajstić information content (AvgIpc) is 3.29. The van der Waals surface area contributed by atoms with Crippen molar-refractivity contribution in [3.63, 3.8) is 0 Å². The van der Waals surface area contributed by atoms with E-state index in [2.05, 4.69) is 25.7 Å². The Morgan fingerprint density at radius 3 is 2.66 bits per heavy atom. The van der Waals surface area contributed by atoms with Crippen molar-refractivity contribution in [2.24, 2.45) is 0 Å². The third-order valence-corrected chi connectivity index (χ3v) is 5.93. The summed E-state index contributed by atoms with van der Waals surface area (Å²) in [6, 6.07) is 12.1. The first-order chi connectivity index (χ1) is 17.1. The maximum atomic E-state index is 14.9. The van der Waals surface area contributed by atoms with E-state index < -0.39 is 12.5 Å². The molecular formula is C25H25F2N7O. The van der Waals surface area contributed by atoms with Crippen LogP contribution in [-0.2, 0) is 18.0 Å². The second-order valence-electron chi connectivity index (χ2n) is 8.24. The van der Waals surface area contributed by atoms with Crippen LogP contribution in [0.5, 0.6) is 0 Å². The van der Waals surface area contributed by atoms with Gasteiger partial charge in [0.2, 0.25) is 5.95 Å². The Hall–Kier alpha value is -3.92. The lowest BCUT2D eigenvalue weighted by Gasteiger charge is -2.27. The van der Waals surface area contributed by atoms with Crippen molar-refractivity contribution < 1.29 is 13.5 Å². The van der Waals surface area contributed by atoms with Crippen LogP contribution in [0.2, 0.25) is 0 Å². The van der Waals surface area contributed by atoms with Gasteiger partial charge in [0.1, 0.15) is 30.3 Å². The van der Waals surface area contributed by atoms with E-state index in [0.717, 1.165) is 16.8 Å². The number of nitrogens with one attached hydrogen (secondary N) is 2. The number of hydrogen-bond acceptors (Lipinski definition) is 7. The van der Waals surface area contributed by atoms with Crippen molar-refractivity contribution in [2.75, 3.05) is 23.8 Å². The van der Waals surface area contributed by atoms with E-state index in [0.29, 0.717) is 54.3 Å². The number of benzene rings is 2. The van der Waals surface area contributed by atoms with Crippen molar-refractivity contribution in [2.45, 2.75) is 33.0 Å². The van der Waals surface area contributed by atoms with Gasteiger partial charge in [-0.25, -0.2) is 23.4 Å². The lowest BCUT2D eigenvalue weighted by molar-refractivity contribution is 0.0979. The molecule has 0 aliphatic carbocycles. The Bertz CT molecular complexity index is 1340. The predicted octanol–water partition coefficient (Wildman–Crippen LogP) is 4.81. The van der Waals surface area contributed by atoms with E-state index in [9.17, 15) is 8.78 Å². The van der Waals surface area contributed by atoms with Gasteiger partial charge < -0.3 is 15.4 Å². The summed E-state index contributed by atoms with van der Waals surface area (Å²) >= 11 is 0. The SMILES string of the molecule is CCNc1nc(Nc2ccc(-n3ncnc3C)c(F)c2)nc2c1COCC2c1ccc(CF)cc1. The van der Waals surface area contributed by atoms with E-state index in [-0.39, 0.29) is 5.92 Å². The number of hydrogen-bond donors (Lipinski definition) is 2. The molecular weight excluding hydrogens is 452 g/mol. The molecule has 0 saturated heterocycles. The molecule has 10 heteroatoms. The Kier molecular flexibility index (Phi) is 6.37. The first-order valence-corrected chi connectivity index (χ1v) is 11.4. The molecule has 1 aliphatic rings. The van der Waals surface area contributed by atoms with E-state index in [1.54, 1.807) is 31.2 Å². The molecule has 180 valence electrons. The third-order valence-electron chi connectivity index (χ3n) is 5.93. The van der Waals surface area contributed by atoms with Crippen LogP contribution < -0.4 is 10.6 Å².